The van der Waals surface area contributed by atoms with E-state index in [0.717, 1.165) is 5.69 Å². The summed E-state index contributed by atoms with van der Waals surface area (Å²) in [4.78, 5) is 4.14. The van der Waals surface area contributed by atoms with Crippen molar-refractivity contribution in [3.63, 3.8) is 0 Å². The zero-order chi connectivity index (χ0) is 12.4. The third-order valence-corrected chi connectivity index (χ3v) is 3.22. The molecular weight excluding hydrogens is 206 g/mol. The first-order chi connectivity index (χ1) is 8.13. The average molecular weight is 223 g/mol. The fourth-order valence-electron chi connectivity index (χ4n) is 2.02. The Morgan fingerprint density at radius 1 is 0.824 bits per heavy atom. The molecule has 0 aliphatic heterocycles. The molecule has 0 radical (unpaired) electrons. The van der Waals surface area contributed by atoms with Crippen LogP contribution in [0.25, 0.3) is 11.1 Å². The van der Waals surface area contributed by atoms with Gasteiger partial charge >= 0.3 is 0 Å². The van der Waals surface area contributed by atoms with Crippen molar-refractivity contribution in [3.05, 3.63) is 53.1 Å². The van der Waals surface area contributed by atoms with Crippen LogP contribution in [-0.2, 0) is 0 Å². The summed E-state index contributed by atoms with van der Waals surface area (Å²) >= 11 is 0. The van der Waals surface area contributed by atoms with Crippen LogP contribution < -0.4 is 0 Å². The second-order valence-electron chi connectivity index (χ2n) is 4.43. The molecule has 0 heterocycles. The predicted molar refractivity (Wildman–Crippen MR) is 75.3 cm³/mol. The Bertz CT molecular complexity index is 568. The lowest BCUT2D eigenvalue weighted by Crippen LogP contribution is -1.87. The highest BCUT2D eigenvalue weighted by molar-refractivity contribution is 5.80. The quantitative estimate of drug-likeness (QED) is 0.659. The third kappa shape index (κ3) is 2.14. The van der Waals surface area contributed by atoms with Crippen LogP contribution in [0.5, 0.6) is 0 Å². The first-order valence-corrected chi connectivity index (χ1v) is 5.77. The Morgan fingerprint density at radius 2 is 1.47 bits per heavy atom. The zero-order valence-corrected chi connectivity index (χ0v) is 10.6. The summed E-state index contributed by atoms with van der Waals surface area (Å²) in [7, 11) is 0. The minimum absolute atomic E-state index is 0.961. The van der Waals surface area contributed by atoms with Gasteiger partial charge in [0.25, 0.3) is 0 Å². The van der Waals surface area contributed by atoms with Gasteiger partial charge in [-0.1, -0.05) is 24.3 Å². The summed E-state index contributed by atoms with van der Waals surface area (Å²) in [5.74, 6) is 0. The molecule has 0 aromatic heterocycles. The first-order valence-electron chi connectivity index (χ1n) is 5.77. The van der Waals surface area contributed by atoms with E-state index < -0.39 is 0 Å². The van der Waals surface area contributed by atoms with Gasteiger partial charge < -0.3 is 0 Å². The molecule has 2 aromatic rings. The van der Waals surface area contributed by atoms with Crippen molar-refractivity contribution in [2.45, 2.75) is 20.8 Å². The molecule has 0 aliphatic carbocycles. The van der Waals surface area contributed by atoms with Gasteiger partial charge in [-0.25, -0.2) is 0 Å². The van der Waals surface area contributed by atoms with Gasteiger partial charge in [0.1, 0.15) is 0 Å². The zero-order valence-electron chi connectivity index (χ0n) is 10.6. The molecule has 0 bridgehead atoms. The molecule has 0 saturated heterocycles. The summed E-state index contributed by atoms with van der Waals surface area (Å²) in [6.07, 6.45) is 0. The van der Waals surface area contributed by atoms with Crippen molar-refractivity contribution < 1.29 is 0 Å². The summed E-state index contributed by atoms with van der Waals surface area (Å²) in [6.45, 7) is 10.0. The van der Waals surface area contributed by atoms with Crippen molar-refractivity contribution in [2.24, 2.45) is 4.99 Å². The predicted octanol–water partition coefficient (Wildman–Crippen LogP) is 4.61. The smallest absolute Gasteiger partial charge is 0.0703 e. The molecule has 1 nitrogen and oxygen atoms in total. The van der Waals surface area contributed by atoms with Crippen LogP contribution in [0.1, 0.15) is 16.7 Å². The first kappa shape index (κ1) is 11.6. The van der Waals surface area contributed by atoms with E-state index in [-0.39, 0.29) is 0 Å². The maximum Gasteiger partial charge on any atom is 0.0703 e. The lowest BCUT2D eigenvalue weighted by Gasteiger charge is -2.11. The minimum Gasteiger partial charge on any atom is -0.264 e. The highest BCUT2D eigenvalue weighted by Crippen LogP contribution is 2.34. The summed E-state index contributed by atoms with van der Waals surface area (Å²) in [6, 6.07) is 12.7. The van der Waals surface area contributed by atoms with Crippen LogP contribution in [0.4, 0.5) is 5.69 Å². The SMILES string of the molecule is C=Nc1cc(C)c(C)cc1-c1ccccc1C. The second kappa shape index (κ2) is 4.54. The Morgan fingerprint density at radius 3 is 2.12 bits per heavy atom. The molecule has 1 heteroatoms. The number of aliphatic imine (C=N–C) groups is 1. The summed E-state index contributed by atoms with van der Waals surface area (Å²) < 4.78 is 0. The van der Waals surface area contributed by atoms with Gasteiger partial charge in [-0.3, -0.25) is 4.99 Å². The van der Waals surface area contributed by atoms with E-state index in [4.69, 9.17) is 0 Å². The van der Waals surface area contributed by atoms with E-state index in [2.05, 4.69) is 68.9 Å². The number of hydrogen-bond donors (Lipinski definition) is 0. The van der Waals surface area contributed by atoms with Gasteiger partial charge in [0.05, 0.1) is 5.69 Å². The average Bonchev–Trinajstić information content (AvgIpc) is 2.33. The van der Waals surface area contributed by atoms with Crippen LogP contribution in [0.2, 0.25) is 0 Å². The standard InChI is InChI=1S/C16H17N/c1-11-7-5-6-8-14(11)15-9-12(2)13(3)10-16(15)17-4/h5-10H,4H2,1-3H3. The van der Waals surface area contributed by atoms with Crippen LogP contribution in [-0.4, -0.2) is 6.72 Å². The van der Waals surface area contributed by atoms with Gasteiger partial charge in [-0.05, 0) is 61.9 Å². The van der Waals surface area contributed by atoms with Crippen molar-refractivity contribution in [2.75, 3.05) is 0 Å². The van der Waals surface area contributed by atoms with Crippen molar-refractivity contribution >= 4 is 12.4 Å². The molecule has 0 saturated carbocycles. The van der Waals surface area contributed by atoms with E-state index in [1.165, 1.54) is 27.8 Å². The van der Waals surface area contributed by atoms with E-state index in [9.17, 15) is 0 Å². The molecule has 0 N–H and O–H groups in total. The van der Waals surface area contributed by atoms with Crippen LogP contribution >= 0.6 is 0 Å². The Hall–Kier alpha value is -1.89. The van der Waals surface area contributed by atoms with Crippen molar-refractivity contribution in [1.29, 1.82) is 0 Å². The number of aryl methyl sites for hydroxylation is 3. The molecule has 0 aliphatic rings. The fraction of sp³-hybridized carbons (Fsp3) is 0.188. The van der Waals surface area contributed by atoms with E-state index in [1.807, 2.05) is 0 Å². The minimum atomic E-state index is 0.961. The van der Waals surface area contributed by atoms with Gasteiger partial charge in [0.2, 0.25) is 0 Å². The highest BCUT2D eigenvalue weighted by Gasteiger charge is 2.08. The summed E-state index contributed by atoms with van der Waals surface area (Å²) in [5, 5.41) is 0. The monoisotopic (exact) mass is 223 g/mol. The largest absolute Gasteiger partial charge is 0.264 e. The normalized spacial score (nSPS) is 10.3. The van der Waals surface area contributed by atoms with Gasteiger partial charge in [0.15, 0.2) is 0 Å². The number of benzene rings is 2. The van der Waals surface area contributed by atoms with E-state index >= 15 is 0 Å². The van der Waals surface area contributed by atoms with E-state index in [1.54, 1.807) is 0 Å². The van der Waals surface area contributed by atoms with Crippen LogP contribution in [0, 0.1) is 20.8 Å². The molecule has 0 unspecified atom stereocenters. The van der Waals surface area contributed by atoms with E-state index in [0.29, 0.717) is 0 Å². The molecule has 2 rings (SSSR count). The lowest BCUT2D eigenvalue weighted by atomic mass is 9.95. The maximum atomic E-state index is 4.14. The fourth-order valence-corrected chi connectivity index (χ4v) is 2.02. The van der Waals surface area contributed by atoms with Crippen molar-refractivity contribution in [1.82, 2.24) is 0 Å². The topological polar surface area (TPSA) is 12.4 Å². The van der Waals surface area contributed by atoms with Crippen LogP contribution in [0.3, 0.4) is 0 Å². The van der Waals surface area contributed by atoms with Gasteiger partial charge in [-0.15, -0.1) is 0 Å². The maximum absolute atomic E-state index is 4.14. The summed E-state index contributed by atoms with van der Waals surface area (Å²) in [5.41, 5.74) is 7.17. The second-order valence-corrected chi connectivity index (χ2v) is 4.43. The molecule has 0 atom stereocenters. The highest BCUT2D eigenvalue weighted by atomic mass is 14.7. The third-order valence-electron chi connectivity index (χ3n) is 3.22. The lowest BCUT2D eigenvalue weighted by molar-refractivity contribution is 1.32. The Balaban J connectivity index is 2.71. The number of hydrogen-bond acceptors (Lipinski definition) is 1. The molecule has 0 fully saturated rings. The van der Waals surface area contributed by atoms with Gasteiger partial charge in [-0.2, -0.15) is 0 Å². The van der Waals surface area contributed by atoms with Crippen molar-refractivity contribution in [3.8, 4) is 11.1 Å². The van der Waals surface area contributed by atoms with Gasteiger partial charge in [0, 0.05) is 5.56 Å². The number of rotatable bonds is 2. The molecule has 2 aromatic carbocycles. The molecule has 0 spiro atoms. The molecule has 0 amide bonds. The number of nitrogens with zero attached hydrogens (tertiary/aromatic N) is 1. The Kier molecular flexibility index (Phi) is 3.10. The molecule has 86 valence electrons. The van der Waals surface area contributed by atoms with Crippen LogP contribution in [0.15, 0.2) is 41.4 Å². The molecular formula is C16H17N. The molecule has 17 heavy (non-hydrogen) atoms. The Labute approximate surface area is 103 Å².